The number of nitrogens with one attached hydrogen (secondary N) is 1. The summed E-state index contributed by atoms with van der Waals surface area (Å²) in [5.74, 6) is -0.635. The number of amides is 2. The summed E-state index contributed by atoms with van der Waals surface area (Å²) in [7, 11) is 0. The van der Waals surface area contributed by atoms with Crippen molar-refractivity contribution >= 4 is 17.5 Å². The van der Waals surface area contributed by atoms with E-state index in [-0.39, 0.29) is 12.5 Å². The summed E-state index contributed by atoms with van der Waals surface area (Å²) >= 11 is 0. The maximum atomic E-state index is 12.3. The number of hydrogen-bond donors (Lipinski definition) is 2. The number of primary amides is 1. The number of carbonyl (C=O) groups excluding carboxylic acids is 2. The third kappa shape index (κ3) is 3.05. The fraction of sp³-hybridized carbons (Fsp3) is 0.429. The van der Waals surface area contributed by atoms with Gasteiger partial charge in [0.2, 0.25) is 5.91 Å². The van der Waals surface area contributed by atoms with Gasteiger partial charge in [-0.05, 0) is 43.5 Å². The van der Waals surface area contributed by atoms with Gasteiger partial charge in [0.15, 0.2) is 0 Å². The zero-order chi connectivity index (χ0) is 13.8. The van der Waals surface area contributed by atoms with E-state index in [4.69, 9.17) is 5.73 Å². The van der Waals surface area contributed by atoms with Crippen LogP contribution >= 0.6 is 0 Å². The molecule has 2 amide bonds. The minimum Gasteiger partial charge on any atom is -0.385 e. The Morgan fingerprint density at radius 2 is 2.21 bits per heavy atom. The van der Waals surface area contributed by atoms with Crippen molar-refractivity contribution in [2.45, 2.75) is 19.8 Å². The molecule has 0 aliphatic carbocycles. The number of hydrogen-bond acceptors (Lipinski definition) is 3. The molecular formula is C14H19N3O2. The topological polar surface area (TPSA) is 75.4 Å². The van der Waals surface area contributed by atoms with E-state index in [1.807, 2.05) is 19.1 Å². The van der Waals surface area contributed by atoms with Gasteiger partial charge in [0.25, 0.3) is 5.91 Å². The lowest BCUT2D eigenvalue weighted by Crippen LogP contribution is -2.38. The number of aryl methyl sites for hydroxylation is 1. The summed E-state index contributed by atoms with van der Waals surface area (Å²) in [4.78, 5) is 24.7. The van der Waals surface area contributed by atoms with Crippen molar-refractivity contribution in [1.82, 2.24) is 4.90 Å². The Morgan fingerprint density at radius 1 is 1.42 bits per heavy atom. The van der Waals surface area contributed by atoms with Crippen LogP contribution in [0.3, 0.4) is 0 Å². The molecule has 0 saturated heterocycles. The van der Waals surface area contributed by atoms with Crippen LogP contribution in [0.25, 0.3) is 0 Å². The lowest BCUT2D eigenvalue weighted by atomic mass is 10.0. The zero-order valence-electron chi connectivity index (χ0n) is 11.1. The number of carbonyl (C=O) groups is 2. The van der Waals surface area contributed by atoms with Crippen LogP contribution in [0, 0.1) is 0 Å². The molecule has 5 heteroatoms. The molecule has 0 radical (unpaired) electrons. The van der Waals surface area contributed by atoms with Crippen LogP contribution in [0.1, 0.15) is 29.3 Å². The maximum Gasteiger partial charge on any atom is 0.254 e. The minimum absolute atomic E-state index is 0.0370. The molecule has 1 aromatic carbocycles. The molecule has 0 atom stereocenters. The Bertz CT molecular complexity index is 499. The molecule has 19 heavy (non-hydrogen) atoms. The number of anilines is 1. The average molecular weight is 261 g/mol. The normalized spacial score (nSPS) is 13.3. The van der Waals surface area contributed by atoms with Gasteiger partial charge in [-0.2, -0.15) is 0 Å². The van der Waals surface area contributed by atoms with Crippen LogP contribution < -0.4 is 11.1 Å². The number of nitrogens with two attached hydrogens (primary N) is 1. The smallest absolute Gasteiger partial charge is 0.254 e. The molecule has 1 aromatic rings. The Morgan fingerprint density at radius 3 is 2.89 bits per heavy atom. The molecule has 2 rings (SSSR count). The van der Waals surface area contributed by atoms with Crippen molar-refractivity contribution in [2.75, 3.05) is 25.0 Å². The number of benzene rings is 1. The molecule has 0 saturated carbocycles. The first-order valence-electron chi connectivity index (χ1n) is 6.56. The van der Waals surface area contributed by atoms with Gasteiger partial charge < -0.3 is 16.0 Å². The van der Waals surface area contributed by atoms with Gasteiger partial charge in [-0.25, -0.2) is 0 Å². The van der Waals surface area contributed by atoms with E-state index in [1.54, 1.807) is 6.07 Å². The first kappa shape index (κ1) is 13.4. The summed E-state index contributed by atoms with van der Waals surface area (Å²) in [6.07, 6.45) is 2.05. The molecular weight excluding hydrogens is 242 g/mol. The molecule has 1 aliphatic rings. The van der Waals surface area contributed by atoms with Crippen LogP contribution in [-0.4, -0.2) is 36.3 Å². The van der Waals surface area contributed by atoms with E-state index < -0.39 is 5.91 Å². The minimum atomic E-state index is -0.491. The van der Waals surface area contributed by atoms with Gasteiger partial charge in [0.05, 0.1) is 6.54 Å². The fourth-order valence-electron chi connectivity index (χ4n) is 2.31. The van der Waals surface area contributed by atoms with Crippen LogP contribution in [0.2, 0.25) is 0 Å². The van der Waals surface area contributed by atoms with Gasteiger partial charge in [0, 0.05) is 24.3 Å². The van der Waals surface area contributed by atoms with Gasteiger partial charge in [-0.1, -0.05) is 0 Å². The second-order valence-electron chi connectivity index (χ2n) is 4.69. The first-order valence-corrected chi connectivity index (χ1v) is 6.56. The highest BCUT2D eigenvalue weighted by Gasteiger charge is 2.18. The van der Waals surface area contributed by atoms with Crippen molar-refractivity contribution < 1.29 is 9.59 Å². The van der Waals surface area contributed by atoms with Crippen LogP contribution in [0.4, 0.5) is 5.69 Å². The highest BCUT2D eigenvalue weighted by molar-refractivity contribution is 5.97. The molecule has 0 spiro atoms. The van der Waals surface area contributed by atoms with Gasteiger partial charge in [-0.3, -0.25) is 9.59 Å². The van der Waals surface area contributed by atoms with E-state index in [0.717, 1.165) is 30.6 Å². The van der Waals surface area contributed by atoms with E-state index in [9.17, 15) is 9.59 Å². The Labute approximate surface area is 112 Å². The van der Waals surface area contributed by atoms with Crippen LogP contribution in [0.5, 0.6) is 0 Å². The quantitative estimate of drug-likeness (QED) is 0.848. The predicted molar refractivity (Wildman–Crippen MR) is 74.0 cm³/mol. The molecule has 0 bridgehead atoms. The summed E-state index contributed by atoms with van der Waals surface area (Å²) in [5.41, 5.74) is 8.03. The van der Waals surface area contributed by atoms with Gasteiger partial charge in [-0.15, -0.1) is 0 Å². The van der Waals surface area contributed by atoms with E-state index in [0.29, 0.717) is 12.1 Å². The second kappa shape index (κ2) is 5.73. The second-order valence-corrected chi connectivity index (χ2v) is 4.69. The van der Waals surface area contributed by atoms with Crippen molar-refractivity contribution in [2.24, 2.45) is 5.73 Å². The first-order chi connectivity index (χ1) is 9.11. The molecule has 102 valence electrons. The van der Waals surface area contributed by atoms with E-state index >= 15 is 0 Å². The summed E-state index contributed by atoms with van der Waals surface area (Å²) in [6.45, 7) is 3.24. The molecule has 0 unspecified atom stereocenters. The van der Waals surface area contributed by atoms with Crippen molar-refractivity contribution in [3.8, 4) is 0 Å². The number of likely N-dealkylation sites (N-methyl/N-ethyl adjacent to an activating group) is 1. The monoisotopic (exact) mass is 261 g/mol. The van der Waals surface area contributed by atoms with Gasteiger partial charge >= 0.3 is 0 Å². The summed E-state index contributed by atoms with van der Waals surface area (Å²) in [6, 6.07) is 5.64. The van der Waals surface area contributed by atoms with Crippen molar-refractivity contribution in [3.05, 3.63) is 29.3 Å². The molecule has 5 nitrogen and oxygen atoms in total. The average Bonchev–Trinajstić information content (AvgIpc) is 2.43. The molecule has 1 aliphatic heterocycles. The Hall–Kier alpha value is -2.04. The van der Waals surface area contributed by atoms with E-state index in [2.05, 4.69) is 5.32 Å². The third-order valence-corrected chi connectivity index (χ3v) is 3.31. The zero-order valence-corrected chi connectivity index (χ0v) is 11.1. The molecule has 1 heterocycles. The lowest BCUT2D eigenvalue weighted by molar-refractivity contribution is -0.118. The fourth-order valence-corrected chi connectivity index (χ4v) is 2.31. The standard InChI is InChI=1S/C14H19N3O2/c1-2-17(9-13(15)18)14(19)11-5-6-12-10(8-11)4-3-7-16-12/h5-6,8,16H,2-4,7,9H2,1H3,(H2,15,18). The molecule has 3 N–H and O–H groups in total. The van der Waals surface area contributed by atoms with Crippen LogP contribution in [-0.2, 0) is 11.2 Å². The van der Waals surface area contributed by atoms with Crippen molar-refractivity contribution in [1.29, 1.82) is 0 Å². The largest absolute Gasteiger partial charge is 0.385 e. The Balaban J connectivity index is 2.20. The van der Waals surface area contributed by atoms with E-state index in [1.165, 1.54) is 4.90 Å². The highest BCUT2D eigenvalue weighted by atomic mass is 16.2. The number of nitrogens with zero attached hydrogens (tertiary/aromatic N) is 1. The van der Waals surface area contributed by atoms with Crippen molar-refractivity contribution in [3.63, 3.8) is 0 Å². The number of rotatable bonds is 4. The molecule has 0 aromatic heterocycles. The molecule has 0 fully saturated rings. The highest BCUT2D eigenvalue weighted by Crippen LogP contribution is 2.23. The Kier molecular flexibility index (Phi) is 4.04. The summed E-state index contributed by atoms with van der Waals surface area (Å²) in [5, 5.41) is 3.31. The SMILES string of the molecule is CCN(CC(N)=O)C(=O)c1ccc2c(c1)CCCN2. The lowest BCUT2D eigenvalue weighted by Gasteiger charge is -2.22. The number of fused-ring (bicyclic) bond motifs is 1. The maximum absolute atomic E-state index is 12.3. The van der Waals surface area contributed by atoms with Gasteiger partial charge in [0.1, 0.15) is 0 Å². The summed E-state index contributed by atoms with van der Waals surface area (Å²) < 4.78 is 0. The predicted octanol–water partition coefficient (Wildman–Crippen LogP) is 0.992. The van der Waals surface area contributed by atoms with Crippen LogP contribution in [0.15, 0.2) is 18.2 Å². The third-order valence-electron chi connectivity index (χ3n) is 3.31.